The second-order valence-corrected chi connectivity index (χ2v) is 11.9. The van der Waals surface area contributed by atoms with Crippen molar-refractivity contribution in [1.82, 2.24) is 5.32 Å². The van der Waals surface area contributed by atoms with Crippen LogP contribution in [-0.2, 0) is 9.59 Å². The van der Waals surface area contributed by atoms with Gasteiger partial charge < -0.3 is 10.6 Å². The second kappa shape index (κ2) is 15.8. The molecule has 3 amide bonds. The van der Waals surface area contributed by atoms with E-state index >= 15 is 0 Å². The summed E-state index contributed by atoms with van der Waals surface area (Å²) in [7, 11) is 0. The van der Waals surface area contributed by atoms with Crippen molar-refractivity contribution < 1.29 is 14.4 Å². The van der Waals surface area contributed by atoms with E-state index in [-0.39, 0.29) is 16.9 Å². The Bertz CT molecular complexity index is 1780. The fraction of sp³-hybridized carbons (Fsp3) is 0.0789. The van der Waals surface area contributed by atoms with Gasteiger partial charge in [-0.2, -0.15) is 0 Å². The van der Waals surface area contributed by atoms with Gasteiger partial charge >= 0.3 is 0 Å². The van der Waals surface area contributed by atoms with Crippen molar-refractivity contribution in [1.29, 1.82) is 0 Å². The molecule has 46 heavy (non-hydrogen) atoms. The van der Waals surface area contributed by atoms with Crippen molar-refractivity contribution in [3.8, 4) is 0 Å². The van der Waals surface area contributed by atoms with Crippen molar-refractivity contribution >= 4 is 64.2 Å². The Kier molecular flexibility index (Phi) is 11.1. The molecule has 0 bridgehead atoms. The first-order valence-corrected chi connectivity index (χ1v) is 16.0. The lowest BCUT2D eigenvalue weighted by Gasteiger charge is -2.27. The van der Waals surface area contributed by atoms with Gasteiger partial charge in [0, 0.05) is 32.5 Å². The summed E-state index contributed by atoms with van der Waals surface area (Å²) in [6.45, 7) is 1.99. The maximum absolute atomic E-state index is 13.9. The molecule has 5 aromatic rings. The quantitative estimate of drug-likeness (QED) is 0.111. The summed E-state index contributed by atoms with van der Waals surface area (Å²) >= 11 is 7.82. The maximum atomic E-state index is 13.9. The van der Waals surface area contributed by atoms with E-state index in [1.165, 1.54) is 11.8 Å². The van der Waals surface area contributed by atoms with E-state index < -0.39 is 11.8 Å². The van der Waals surface area contributed by atoms with Gasteiger partial charge in [0.25, 0.3) is 11.8 Å². The van der Waals surface area contributed by atoms with E-state index in [0.29, 0.717) is 28.3 Å². The normalized spacial score (nSPS) is 11.7. The largest absolute Gasteiger partial charge is 0.321 e. The predicted octanol–water partition coefficient (Wildman–Crippen LogP) is 8.99. The SMILES string of the molecule is CCC(Sc1ccc(NC(=O)/C(=C/c2ccccc2Cl)NC(=O)c2ccccc2)cc1)C(=O)N(c1ccccc1)c1ccccc1. The first kappa shape index (κ1) is 32.3. The number of nitrogens with zero attached hydrogens (tertiary/aromatic N) is 1. The summed E-state index contributed by atoms with van der Waals surface area (Å²) in [5.74, 6) is -0.950. The summed E-state index contributed by atoms with van der Waals surface area (Å²) in [5.41, 5.74) is 3.18. The van der Waals surface area contributed by atoms with Gasteiger partial charge in [0.05, 0.1) is 5.25 Å². The van der Waals surface area contributed by atoms with Gasteiger partial charge in [-0.25, -0.2) is 0 Å². The number of hydrogen-bond acceptors (Lipinski definition) is 4. The van der Waals surface area contributed by atoms with Gasteiger partial charge in [-0.05, 0) is 84.8 Å². The van der Waals surface area contributed by atoms with Crippen LogP contribution < -0.4 is 15.5 Å². The third kappa shape index (κ3) is 8.33. The number of halogens is 1. The third-order valence-corrected chi connectivity index (χ3v) is 8.73. The summed E-state index contributed by atoms with van der Waals surface area (Å²) < 4.78 is 0. The summed E-state index contributed by atoms with van der Waals surface area (Å²) in [6.07, 6.45) is 2.17. The number of anilines is 3. The van der Waals surface area contributed by atoms with Crippen LogP contribution in [0.15, 0.2) is 150 Å². The zero-order valence-electron chi connectivity index (χ0n) is 25.1. The fourth-order valence-corrected chi connectivity index (χ4v) is 5.86. The van der Waals surface area contributed by atoms with Crippen LogP contribution in [0.5, 0.6) is 0 Å². The molecule has 0 spiro atoms. The second-order valence-electron chi connectivity index (χ2n) is 10.2. The smallest absolute Gasteiger partial charge is 0.272 e. The van der Waals surface area contributed by atoms with E-state index in [1.807, 2.05) is 85.8 Å². The summed E-state index contributed by atoms with van der Waals surface area (Å²) in [5, 5.41) is 5.69. The molecule has 0 heterocycles. The Hall–Kier alpha value is -5.11. The minimum atomic E-state index is -0.507. The highest BCUT2D eigenvalue weighted by atomic mass is 35.5. The zero-order chi connectivity index (χ0) is 32.3. The Morgan fingerprint density at radius 3 is 1.85 bits per heavy atom. The van der Waals surface area contributed by atoms with E-state index in [0.717, 1.165) is 16.3 Å². The Balaban J connectivity index is 1.32. The Labute approximate surface area is 278 Å². The highest BCUT2D eigenvalue weighted by Crippen LogP contribution is 2.33. The number of carbonyl (C=O) groups is 3. The number of carbonyl (C=O) groups excluding carboxylic acids is 3. The number of para-hydroxylation sites is 2. The lowest BCUT2D eigenvalue weighted by molar-refractivity contribution is -0.117. The molecule has 0 aromatic heterocycles. The lowest BCUT2D eigenvalue weighted by atomic mass is 10.1. The molecule has 5 rings (SSSR count). The molecule has 5 aromatic carbocycles. The number of thioether (sulfide) groups is 1. The number of amides is 3. The zero-order valence-corrected chi connectivity index (χ0v) is 26.7. The van der Waals surface area contributed by atoms with Crippen LogP contribution >= 0.6 is 23.4 Å². The van der Waals surface area contributed by atoms with E-state index in [4.69, 9.17) is 11.6 Å². The molecule has 0 fully saturated rings. The lowest BCUT2D eigenvalue weighted by Crippen LogP contribution is -2.34. The average Bonchev–Trinajstić information content (AvgIpc) is 3.10. The molecule has 0 radical (unpaired) electrons. The van der Waals surface area contributed by atoms with Crippen LogP contribution in [0.1, 0.15) is 29.3 Å². The topological polar surface area (TPSA) is 78.5 Å². The molecular formula is C38H32ClN3O3S. The van der Waals surface area contributed by atoms with Crippen LogP contribution in [0.4, 0.5) is 17.1 Å². The highest BCUT2D eigenvalue weighted by molar-refractivity contribution is 8.00. The summed E-state index contributed by atoms with van der Waals surface area (Å²) in [4.78, 5) is 43.0. The molecule has 0 aliphatic heterocycles. The van der Waals surface area contributed by atoms with Crippen molar-refractivity contribution in [2.75, 3.05) is 10.2 Å². The van der Waals surface area contributed by atoms with Gasteiger partial charge in [0.1, 0.15) is 5.70 Å². The number of benzene rings is 5. The van der Waals surface area contributed by atoms with E-state index in [9.17, 15) is 14.4 Å². The average molecular weight is 646 g/mol. The molecule has 0 aliphatic rings. The van der Waals surface area contributed by atoms with Gasteiger partial charge in [0.15, 0.2) is 0 Å². The Morgan fingerprint density at radius 1 is 0.739 bits per heavy atom. The van der Waals surface area contributed by atoms with Gasteiger partial charge in [-0.1, -0.05) is 91.3 Å². The van der Waals surface area contributed by atoms with Crippen LogP contribution in [0, 0.1) is 0 Å². The van der Waals surface area contributed by atoms with Gasteiger partial charge in [-0.15, -0.1) is 11.8 Å². The van der Waals surface area contributed by atoms with Crippen LogP contribution in [0.3, 0.4) is 0 Å². The van der Waals surface area contributed by atoms with Crippen molar-refractivity contribution in [2.24, 2.45) is 0 Å². The molecule has 6 nitrogen and oxygen atoms in total. The molecule has 2 N–H and O–H groups in total. The molecule has 0 saturated heterocycles. The molecule has 1 unspecified atom stereocenters. The Morgan fingerprint density at radius 2 is 1.28 bits per heavy atom. The third-order valence-electron chi connectivity index (χ3n) is 7.02. The number of rotatable bonds is 11. The van der Waals surface area contributed by atoms with Crippen molar-refractivity contribution in [2.45, 2.75) is 23.5 Å². The van der Waals surface area contributed by atoms with Crippen LogP contribution in [0.25, 0.3) is 6.08 Å². The first-order chi connectivity index (χ1) is 22.4. The molecule has 230 valence electrons. The van der Waals surface area contributed by atoms with Crippen molar-refractivity contribution in [3.63, 3.8) is 0 Å². The van der Waals surface area contributed by atoms with Crippen molar-refractivity contribution in [3.05, 3.63) is 161 Å². The fourth-order valence-electron chi connectivity index (χ4n) is 4.68. The standard InChI is InChI=1S/C38H32ClN3O3S/c1-2-35(38(45)42(30-17-8-4-9-18-30)31-19-10-5-11-20-31)46-32-24-22-29(23-25-32)40-37(44)34(26-28-16-12-13-21-33(28)39)41-36(43)27-14-6-3-7-15-27/h3-26,35H,2H2,1H3,(H,40,44)(H,41,43)/b34-26-. The predicted molar refractivity (Wildman–Crippen MR) is 188 cm³/mol. The number of hydrogen-bond donors (Lipinski definition) is 2. The van der Waals surface area contributed by atoms with E-state index in [2.05, 4.69) is 10.6 Å². The van der Waals surface area contributed by atoms with E-state index in [1.54, 1.807) is 71.6 Å². The molecule has 1 atom stereocenters. The highest BCUT2D eigenvalue weighted by Gasteiger charge is 2.26. The monoisotopic (exact) mass is 645 g/mol. The first-order valence-electron chi connectivity index (χ1n) is 14.8. The molecule has 0 saturated carbocycles. The minimum absolute atomic E-state index is 0.0224. The van der Waals surface area contributed by atoms with Gasteiger partial charge in [-0.3, -0.25) is 19.3 Å². The van der Waals surface area contributed by atoms with Gasteiger partial charge in [0.2, 0.25) is 5.91 Å². The maximum Gasteiger partial charge on any atom is 0.272 e. The minimum Gasteiger partial charge on any atom is -0.321 e. The van der Waals surface area contributed by atoms with Crippen LogP contribution in [-0.4, -0.2) is 23.0 Å². The number of nitrogens with one attached hydrogen (secondary N) is 2. The molecular weight excluding hydrogens is 614 g/mol. The molecule has 8 heteroatoms. The van der Waals surface area contributed by atoms with Crippen LogP contribution in [0.2, 0.25) is 5.02 Å². The summed E-state index contributed by atoms with van der Waals surface area (Å²) in [6, 6.07) is 42.2. The molecule has 0 aliphatic carbocycles.